The SMILES string of the molecule is Cc1csc(CNC2CSc3ccccc32)n1. The molecular formula is C13H14N2S2. The second-order valence-electron chi connectivity index (χ2n) is 4.16. The Morgan fingerprint density at radius 2 is 2.29 bits per heavy atom. The Balaban J connectivity index is 1.68. The van der Waals surface area contributed by atoms with E-state index in [0.29, 0.717) is 6.04 Å². The minimum Gasteiger partial charge on any atom is -0.303 e. The highest BCUT2D eigenvalue weighted by Gasteiger charge is 2.21. The van der Waals surface area contributed by atoms with Gasteiger partial charge in [0.05, 0.1) is 0 Å². The van der Waals surface area contributed by atoms with E-state index in [0.717, 1.165) is 18.0 Å². The van der Waals surface area contributed by atoms with Crippen LogP contribution in [0.25, 0.3) is 0 Å². The average Bonchev–Trinajstić information content (AvgIpc) is 2.93. The molecule has 1 N–H and O–H groups in total. The normalized spacial score (nSPS) is 18.3. The molecule has 0 saturated heterocycles. The fourth-order valence-corrected chi connectivity index (χ4v) is 3.94. The van der Waals surface area contributed by atoms with Gasteiger partial charge < -0.3 is 5.32 Å². The van der Waals surface area contributed by atoms with E-state index in [2.05, 4.69) is 39.9 Å². The Hall–Kier alpha value is -0.840. The molecule has 88 valence electrons. The van der Waals surface area contributed by atoms with Crippen molar-refractivity contribution in [3.63, 3.8) is 0 Å². The summed E-state index contributed by atoms with van der Waals surface area (Å²) < 4.78 is 0. The highest BCUT2D eigenvalue weighted by atomic mass is 32.2. The van der Waals surface area contributed by atoms with Crippen molar-refractivity contribution in [3.8, 4) is 0 Å². The molecular weight excluding hydrogens is 248 g/mol. The van der Waals surface area contributed by atoms with Gasteiger partial charge in [0.2, 0.25) is 0 Å². The van der Waals surface area contributed by atoms with Gasteiger partial charge in [0.15, 0.2) is 0 Å². The van der Waals surface area contributed by atoms with Gasteiger partial charge in [-0.15, -0.1) is 23.1 Å². The van der Waals surface area contributed by atoms with Gasteiger partial charge in [-0.3, -0.25) is 0 Å². The summed E-state index contributed by atoms with van der Waals surface area (Å²) in [5.41, 5.74) is 2.55. The summed E-state index contributed by atoms with van der Waals surface area (Å²) in [5, 5.41) is 6.88. The summed E-state index contributed by atoms with van der Waals surface area (Å²) in [7, 11) is 0. The van der Waals surface area contributed by atoms with E-state index in [1.807, 2.05) is 18.7 Å². The van der Waals surface area contributed by atoms with Crippen LogP contribution in [0.15, 0.2) is 34.5 Å². The first-order valence-corrected chi connectivity index (χ1v) is 7.55. The van der Waals surface area contributed by atoms with Gasteiger partial charge in [0, 0.05) is 34.3 Å². The number of nitrogens with one attached hydrogen (secondary N) is 1. The van der Waals surface area contributed by atoms with Crippen LogP contribution >= 0.6 is 23.1 Å². The zero-order valence-electron chi connectivity index (χ0n) is 9.64. The topological polar surface area (TPSA) is 24.9 Å². The third-order valence-electron chi connectivity index (χ3n) is 2.87. The molecule has 0 amide bonds. The number of fused-ring (bicyclic) bond motifs is 1. The number of hydrogen-bond donors (Lipinski definition) is 1. The van der Waals surface area contributed by atoms with Crippen LogP contribution in [-0.2, 0) is 6.54 Å². The van der Waals surface area contributed by atoms with Crippen molar-refractivity contribution in [1.29, 1.82) is 0 Å². The third-order valence-corrected chi connectivity index (χ3v) is 5.02. The smallest absolute Gasteiger partial charge is 0.107 e. The number of benzene rings is 1. The molecule has 0 fully saturated rings. The molecule has 0 saturated carbocycles. The van der Waals surface area contributed by atoms with Gasteiger partial charge >= 0.3 is 0 Å². The molecule has 3 rings (SSSR count). The lowest BCUT2D eigenvalue weighted by Crippen LogP contribution is -2.20. The van der Waals surface area contributed by atoms with E-state index in [-0.39, 0.29) is 0 Å². The van der Waals surface area contributed by atoms with E-state index >= 15 is 0 Å². The number of nitrogens with zero attached hydrogens (tertiary/aromatic N) is 1. The lowest BCUT2D eigenvalue weighted by molar-refractivity contribution is 0.582. The van der Waals surface area contributed by atoms with Crippen LogP contribution in [0.4, 0.5) is 0 Å². The van der Waals surface area contributed by atoms with Crippen molar-refractivity contribution >= 4 is 23.1 Å². The molecule has 0 aliphatic carbocycles. The lowest BCUT2D eigenvalue weighted by atomic mass is 10.1. The minimum atomic E-state index is 0.473. The maximum atomic E-state index is 4.48. The van der Waals surface area contributed by atoms with Crippen molar-refractivity contribution < 1.29 is 0 Å². The number of hydrogen-bond acceptors (Lipinski definition) is 4. The van der Waals surface area contributed by atoms with Crippen LogP contribution in [0.5, 0.6) is 0 Å². The zero-order chi connectivity index (χ0) is 11.7. The largest absolute Gasteiger partial charge is 0.303 e. The van der Waals surface area contributed by atoms with Crippen LogP contribution in [0.2, 0.25) is 0 Å². The van der Waals surface area contributed by atoms with Crippen LogP contribution in [0, 0.1) is 6.92 Å². The lowest BCUT2D eigenvalue weighted by Gasteiger charge is -2.11. The third kappa shape index (κ3) is 2.39. The number of thiazole rings is 1. The van der Waals surface area contributed by atoms with Gasteiger partial charge in [-0.25, -0.2) is 4.98 Å². The second kappa shape index (κ2) is 4.80. The number of rotatable bonds is 3. The zero-order valence-corrected chi connectivity index (χ0v) is 11.3. The van der Waals surface area contributed by atoms with Gasteiger partial charge in [0.25, 0.3) is 0 Å². The Bertz CT molecular complexity index is 522. The number of aryl methyl sites for hydroxylation is 1. The van der Waals surface area contributed by atoms with Crippen LogP contribution in [0.3, 0.4) is 0 Å². The maximum Gasteiger partial charge on any atom is 0.107 e. The molecule has 2 aromatic rings. The molecule has 0 bridgehead atoms. The molecule has 2 heterocycles. The van der Waals surface area contributed by atoms with Crippen molar-refractivity contribution in [2.75, 3.05) is 5.75 Å². The first-order valence-electron chi connectivity index (χ1n) is 5.69. The molecule has 1 aliphatic rings. The van der Waals surface area contributed by atoms with Crippen molar-refractivity contribution in [3.05, 3.63) is 45.9 Å². The monoisotopic (exact) mass is 262 g/mol. The fourth-order valence-electron chi connectivity index (χ4n) is 2.03. The Kier molecular flexibility index (Phi) is 3.18. The predicted molar refractivity (Wildman–Crippen MR) is 73.6 cm³/mol. The average molecular weight is 262 g/mol. The van der Waals surface area contributed by atoms with Crippen LogP contribution < -0.4 is 5.32 Å². The van der Waals surface area contributed by atoms with Crippen molar-refractivity contribution in [2.24, 2.45) is 0 Å². The Labute approximate surface area is 109 Å². The van der Waals surface area contributed by atoms with Crippen LogP contribution in [-0.4, -0.2) is 10.7 Å². The number of thioether (sulfide) groups is 1. The van der Waals surface area contributed by atoms with Crippen molar-refractivity contribution in [1.82, 2.24) is 10.3 Å². The summed E-state index contributed by atoms with van der Waals surface area (Å²) >= 11 is 3.67. The Morgan fingerprint density at radius 3 is 3.12 bits per heavy atom. The fraction of sp³-hybridized carbons (Fsp3) is 0.308. The summed E-state index contributed by atoms with van der Waals surface area (Å²) in [6.45, 7) is 2.92. The van der Waals surface area contributed by atoms with Gasteiger partial charge in [-0.1, -0.05) is 18.2 Å². The highest BCUT2D eigenvalue weighted by molar-refractivity contribution is 7.99. The summed E-state index contributed by atoms with van der Waals surface area (Å²) in [6.07, 6.45) is 0. The van der Waals surface area contributed by atoms with E-state index in [1.165, 1.54) is 15.5 Å². The second-order valence-corrected chi connectivity index (χ2v) is 6.17. The van der Waals surface area contributed by atoms with Crippen molar-refractivity contribution in [2.45, 2.75) is 24.4 Å². The molecule has 0 radical (unpaired) electrons. The molecule has 1 aromatic carbocycles. The Morgan fingerprint density at radius 1 is 1.41 bits per heavy atom. The highest BCUT2D eigenvalue weighted by Crippen LogP contribution is 2.37. The molecule has 17 heavy (non-hydrogen) atoms. The van der Waals surface area contributed by atoms with Gasteiger partial charge in [0.1, 0.15) is 5.01 Å². The molecule has 1 aliphatic heterocycles. The first kappa shape index (κ1) is 11.3. The van der Waals surface area contributed by atoms with E-state index in [1.54, 1.807) is 11.3 Å². The van der Waals surface area contributed by atoms with E-state index in [4.69, 9.17) is 0 Å². The quantitative estimate of drug-likeness (QED) is 0.918. The molecule has 2 nitrogen and oxygen atoms in total. The molecule has 1 unspecified atom stereocenters. The first-order chi connectivity index (χ1) is 8.33. The molecule has 0 spiro atoms. The van der Waals surface area contributed by atoms with Gasteiger partial charge in [-0.05, 0) is 18.6 Å². The van der Waals surface area contributed by atoms with Gasteiger partial charge in [-0.2, -0.15) is 0 Å². The predicted octanol–water partition coefficient (Wildman–Crippen LogP) is 3.39. The standard InChI is InChI=1S/C13H14N2S2/c1-9-7-17-13(15-9)6-14-11-8-16-12-5-3-2-4-10(11)12/h2-5,7,11,14H,6,8H2,1H3. The van der Waals surface area contributed by atoms with Crippen LogP contribution in [0.1, 0.15) is 22.3 Å². The summed E-state index contributed by atoms with van der Waals surface area (Å²) in [4.78, 5) is 5.89. The minimum absolute atomic E-state index is 0.473. The molecule has 4 heteroatoms. The molecule has 1 atom stereocenters. The number of aromatic nitrogens is 1. The molecule has 1 aromatic heterocycles. The summed E-state index contributed by atoms with van der Waals surface area (Å²) in [5.74, 6) is 1.13. The summed E-state index contributed by atoms with van der Waals surface area (Å²) in [6, 6.07) is 9.13. The van der Waals surface area contributed by atoms with E-state index in [9.17, 15) is 0 Å². The maximum absolute atomic E-state index is 4.48. The van der Waals surface area contributed by atoms with E-state index < -0.39 is 0 Å².